The molecule has 0 aliphatic carbocycles. The van der Waals surface area contributed by atoms with Crippen molar-refractivity contribution in [2.45, 2.75) is 46.2 Å². The number of H-pyrrole nitrogens is 1. The predicted octanol–water partition coefficient (Wildman–Crippen LogP) is 1.73. The molecule has 0 spiro atoms. The van der Waals surface area contributed by atoms with E-state index in [1.54, 1.807) is 11.9 Å². The molecule has 156 valence electrons. The first-order chi connectivity index (χ1) is 13.9. The molecule has 1 saturated heterocycles. The number of benzene rings is 1. The van der Waals surface area contributed by atoms with Crippen molar-refractivity contribution in [2.24, 2.45) is 0 Å². The smallest absolute Gasteiger partial charge is 0.237 e. The number of amides is 2. The Labute approximate surface area is 172 Å². The van der Waals surface area contributed by atoms with E-state index in [1.165, 1.54) is 11.1 Å². The number of hydrogen-bond donors (Lipinski definition) is 2. The molecule has 7 heteroatoms. The van der Waals surface area contributed by atoms with Crippen LogP contribution in [0.4, 0.5) is 0 Å². The lowest BCUT2D eigenvalue weighted by atomic mass is 10.0. The fourth-order valence-corrected chi connectivity index (χ4v) is 3.85. The zero-order valence-corrected chi connectivity index (χ0v) is 17.8. The molecule has 1 fully saturated rings. The van der Waals surface area contributed by atoms with Gasteiger partial charge in [0.2, 0.25) is 11.8 Å². The van der Waals surface area contributed by atoms with Gasteiger partial charge < -0.3 is 10.2 Å². The Hall–Kier alpha value is -2.67. The van der Waals surface area contributed by atoms with Crippen LogP contribution in [0.25, 0.3) is 0 Å². The third-order valence-corrected chi connectivity index (χ3v) is 5.85. The Morgan fingerprint density at radius 1 is 1.28 bits per heavy atom. The van der Waals surface area contributed by atoms with Gasteiger partial charge in [0, 0.05) is 38.9 Å². The SMILES string of the molecule is Cc1ccccc1CN1CCNC(=O)C1CC(=O)N(C)CCc1c(C)n[nH]c1C. The van der Waals surface area contributed by atoms with Crippen LogP contribution in [-0.2, 0) is 22.6 Å². The van der Waals surface area contributed by atoms with E-state index in [0.29, 0.717) is 19.6 Å². The van der Waals surface area contributed by atoms with Crippen molar-refractivity contribution in [1.29, 1.82) is 0 Å². The van der Waals surface area contributed by atoms with E-state index in [9.17, 15) is 9.59 Å². The van der Waals surface area contributed by atoms with Crippen LogP contribution in [0, 0.1) is 20.8 Å². The minimum atomic E-state index is -0.435. The Bertz CT molecular complexity index is 856. The third-order valence-electron chi connectivity index (χ3n) is 5.85. The molecule has 1 aliphatic heterocycles. The van der Waals surface area contributed by atoms with Crippen molar-refractivity contribution in [3.63, 3.8) is 0 Å². The zero-order valence-electron chi connectivity index (χ0n) is 17.8. The zero-order chi connectivity index (χ0) is 21.0. The molecule has 2 amide bonds. The Morgan fingerprint density at radius 3 is 2.72 bits per heavy atom. The quantitative estimate of drug-likeness (QED) is 0.746. The minimum Gasteiger partial charge on any atom is -0.353 e. The van der Waals surface area contributed by atoms with Gasteiger partial charge in [-0.1, -0.05) is 24.3 Å². The van der Waals surface area contributed by atoms with Crippen molar-refractivity contribution < 1.29 is 9.59 Å². The van der Waals surface area contributed by atoms with Gasteiger partial charge in [0.05, 0.1) is 18.2 Å². The van der Waals surface area contributed by atoms with Crippen molar-refractivity contribution >= 4 is 11.8 Å². The van der Waals surface area contributed by atoms with Crippen molar-refractivity contribution in [3.8, 4) is 0 Å². The summed E-state index contributed by atoms with van der Waals surface area (Å²) in [5.41, 5.74) is 5.56. The van der Waals surface area contributed by atoms with Crippen LogP contribution in [0.1, 0.15) is 34.5 Å². The van der Waals surface area contributed by atoms with Gasteiger partial charge in [-0.2, -0.15) is 5.10 Å². The maximum atomic E-state index is 12.8. The van der Waals surface area contributed by atoms with Gasteiger partial charge in [0.25, 0.3) is 0 Å². The number of aryl methyl sites for hydroxylation is 3. The lowest BCUT2D eigenvalue weighted by molar-refractivity contribution is -0.138. The second kappa shape index (κ2) is 9.22. The summed E-state index contributed by atoms with van der Waals surface area (Å²) in [4.78, 5) is 29.2. The molecule has 2 aromatic rings. The third kappa shape index (κ3) is 5.03. The van der Waals surface area contributed by atoms with Crippen LogP contribution in [0.3, 0.4) is 0 Å². The van der Waals surface area contributed by atoms with E-state index in [2.05, 4.69) is 39.5 Å². The van der Waals surface area contributed by atoms with Gasteiger partial charge in [-0.25, -0.2) is 0 Å². The molecule has 7 nitrogen and oxygen atoms in total. The van der Waals surface area contributed by atoms with E-state index in [1.807, 2.05) is 26.0 Å². The summed E-state index contributed by atoms with van der Waals surface area (Å²) in [5, 5.41) is 10.1. The highest BCUT2D eigenvalue weighted by molar-refractivity contribution is 5.88. The highest BCUT2D eigenvalue weighted by Gasteiger charge is 2.32. The number of nitrogens with zero attached hydrogens (tertiary/aromatic N) is 3. The van der Waals surface area contributed by atoms with Crippen molar-refractivity contribution in [2.75, 3.05) is 26.7 Å². The fourth-order valence-electron chi connectivity index (χ4n) is 3.85. The highest BCUT2D eigenvalue weighted by Crippen LogP contribution is 2.17. The van der Waals surface area contributed by atoms with Crippen LogP contribution < -0.4 is 5.32 Å². The molecule has 1 aromatic heterocycles. The topological polar surface area (TPSA) is 81.3 Å². The maximum absolute atomic E-state index is 12.8. The van der Waals surface area contributed by atoms with Crippen molar-refractivity contribution in [1.82, 2.24) is 25.3 Å². The normalized spacial score (nSPS) is 17.2. The molecule has 1 aromatic carbocycles. The van der Waals surface area contributed by atoms with Gasteiger partial charge in [-0.15, -0.1) is 0 Å². The minimum absolute atomic E-state index is 0.0133. The molecule has 1 unspecified atom stereocenters. The first-order valence-electron chi connectivity index (χ1n) is 10.2. The predicted molar refractivity (Wildman–Crippen MR) is 112 cm³/mol. The van der Waals surface area contributed by atoms with E-state index >= 15 is 0 Å². The van der Waals surface area contributed by atoms with Crippen LogP contribution in [0.5, 0.6) is 0 Å². The number of nitrogens with one attached hydrogen (secondary N) is 2. The number of rotatable bonds is 7. The first kappa shape index (κ1) is 21.0. The van der Waals surface area contributed by atoms with Gasteiger partial charge in [0.1, 0.15) is 0 Å². The van der Waals surface area contributed by atoms with Crippen LogP contribution in [-0.4, -0.2) is 64.5 Å². The van der Waals surface area contributed by atoms with Crippen LogP contribution in [0.15, 0.2) is 24.3 Å². The van der Waals surface area contributed by atoms with Crippen LogP contribution >= 0.6 is 0 Å². The Balaban J connectivity index is 1.62. The average Bonchev–Trinajstić information content (AvgIpc) is 3.02. The summed E-state index contributed by atoms with van der Waals surface area (Å²) in [5.74, 6) is -0.0752. The average molecular weight is 398 g/mol. The molecular formula is C22H31N5O2. The molecule has 3 rings (SSSR count). The Kier molecular flexibility index (Phi) is 6.69. The van der Waals surface area contributed by atoms with E-state index in [-0.39, 0.29) is 18.2 Å². The number of likely N-dealkylation sites (N-methyl/N-ethyl adjacent to an activating group) is 1. The number of carbonyl (C=O) groups is 2. The van der Waals surface area contributed by atoms with Crippen LogP contribution in [0.2, 0.25) is 0 Å². The summed E-state index contributed by atoms with van der Waals surface area (Å²) in [6.45, 7) is 8.68. The molecule has 0 saturated carbocycles. The molecule has 2 N–H and O–H groups in total. The summed E-state index contributed by atoms with van der Waals surface area (Å²) < 4.78 is 0. The monoisotopic (exact) mass is 397 g/mol. The molecule has 1 aliphatic rings. The highest BCUT2D eigenvalue weighted by atomic mass is 16.2. The first-order valence-corrected chi connectivity index (χ1v) is 10.2. The van der Waals surface area contributed by atoms with Gasteiger partial charge in [0.15, 0.2) is 0 Å². The molecule has 1 atom stereocenters. The van der Waals surface area contributed by atoms with E-state index in [0.717, 1.165) is 29.9 Å². The number of piperazine rings is 1. The van der Waals surface area contributed by atoms with Gasteiger partial charge in [-0.05, 0) is 43.9 Å². The van der Waals surface area contributed by atoms with E-state index in [4.69, 9.17) is 0 Å². The second-order valence-electron chi connectivity index (χ2n) is 7.89. The number of aromatic nitrogens is 2. The standard InChI is InChI=1S/C22H31N5O2/c1-15-7-5-6-8-18(15)14-27-12-10-23-22(29)20(27)13-21(28)26(4)11-9-19-16(2)24-25-17(19)3/h5-8,20H,9-14H2,1-4H3,(H,23,29)(H,24,25). The largest absolute Gasteiger partial charge is 0.353 e. The fraction of sp³-hybridized carbons (Fsp3) is 0.500. The van der Waals surface area contributed by atoms with E-state index < -0.39 is 6.04 Å². The summed E-state index contributed by atoms with van der Waals surface area (Å²) in [6, 6.07) is 7.76. The Morgan fingerprint density at radius 2 is 2.03 bits per heavy atom. The van der Waals surface area contributed by atoms with Crippen molar-refractivity contribution in [3.05, 3.63) is 52.3 Å². The number of carbonyl (C=O) groups excluding carboxylic acids is 2. The van der Waals surface area contributed by atoms with Gasteiger partial charge in [-0.3, -0.25) is 19.6 Å². The van der Waals surface area contributed by atoms with Gasteiger partial charge >= 0.3 is 0 Å². The number of hydrogen-bond acceptors (Lipinski definition) is 4. The maximum Gasteiger partial charge on any atom is 0.237 e. The molecule has 2 heterocycles. The molecular weight excluding hydrogens is 366 g/mol. The lowest BCUT2D eigenvalue weighted by Crippen LogP contribution is -2.56. The summed E-state index contributed by atoms with van der Waals surface area (Å²) in [6.07, 6.45) is 0.942. The summed E-state index contributed by atoms with van der Waals surface area (Å²) >= 11 is 0. The molecule has 0 radical (unpaired) electrons. The number of aromatic amines is 1. The molecule has 29 heavy (non-hydrogen) atoms. The summed E-state index contributed by atoms with van der Waals surface area (Å²) in [7, 11) is 1.81. The second-order valence-corrected chi connectivity index (χ2v) is 7.89. The molecule has 0 bridgehead atoms. The lowest BCUT2D eigenvalue weighted by Gasteiger charge is -2.35.